The smallest absolute Gasteiger partial charge is 0.326 e. The third-order valence-electron chi connectivity index (χ3n) is 6.14. The summed E-state index contributed by atoms with van der Waals surface area (Å²) in [6, 6.07) is 4.27. The summed E-state index contributed by atoms with van der Waals surface area (Å²) in [4.78, 5) is 30.8. The molecule has 1 aromatic carbocycles. The lowest BCUT2D eigenvalue weighted by atomic mass is 9.96. The van der Waals surface area contributed by atoms with Crippen LogP contribution in [0.5, 0.6) is 5.75 Å². The molecule has 4 rings (SSSR count). The van der Waals surface area contributed by atoms with E-state index in [1.54, 1.807) is 13.2 Å². The zero-order valence-electron chi connectivity index (χ0n) is 16.4. The summed E-state index contributed by atoms with van der Waals surface area (Å²) in [5, 5.41) is 2.89. The fourth-order valence-electron chi connectivity index (χ4n) is 4.18. The molecule has 0 bridgehead atoms. The van der Waals surface area contributed by atoms with Crippen molar-refractivity contribution < 1.29 is 18.7 Å². The van der Waals surface area contributed by atoms with E-state index in [-0.39, 0.29) is 23.7 Å². The molecule has 3 fully saturated rings. The van der Waals surface area contributed by atoms with Crippen LogP contribution in [0, 0.1) is 11.7 Å². The number of nitrogens with one attached hydrogen (secondary N) is 1. The Labute approximate surface area is 164 Å². The van der Waals surface area contributed by atoms with Gasteiger partial charge in [0, 0.05) is 38.3 Å². The van der Waals surface area contributed by atoms with Crippen molar-refractivity contribution in [2.75, 3.05) is 40.0 Å². The minimum atomic E-state index is -0.729. The summed E-state index contributed by atoms with van der Waals surface area (Å²) in [5.41, 5.74) is 0.0950. The topological polar surface area (TPSA) is 65.1 Å². The molecule has 7 nitrogen and oxygen atoms in total. The average molecular weight is 390 g/mol. The van der Waals surface area contributed by atoms with Gasteiger partial charge >= 0.3 is 6.03 Å². The number of rotatable bonds is 6. The van der Waals surface area contributed by atoms with Gasteiger partial charge in [-0.2, -0.15) is 0 Å². The highest BCUT2D eigenvalue weighted by Gasteiger charge is 2.56. The summed E-state index contributed by atoms with van der Waals surface area (Å²) in [6.07, 6.45) is 2.00. The fraction of sp³-hybridized carbons (Fsp3) is 0.600. The first kappa shape index (κ1) is 19.1. The molecule has 2 heterocycles. The van der Waals surface area contributed by atoms with Crippen LogP contribution in [0.3, 0.4) is 0 Å². The molecular weight excluding hydrogens is 363 g/mol. The number of amides is 3. The third-order valence-corrected chi connectivity index (χ3v) is 6.14. The lowest BCUT2D eigenvalue weighted by molar-refractivity contribution is -0.133. The maximum atomic E-state index is 13.6. The number of carbonyl (C=O) groups is 2. The second-order valence-electron chi connectivity index (χ2n) is 8.13. The third kappa shape index (κ3) is 3.58. The molecule has 2 saturated heterocycles. The lowest BCUT2D eigenvalue weighted by Crippen LogP contribution is -2.51. The SMILES string of the molecule is COc1ccc(F)cc1CN1CCN(CN2C(=O)N[C@](C)(C3CC3)C2=O)CC1. The van der Waals surface area contributed by atoms with Crippen molar-refractivity contribution in [3.63, 3.8) is 0 Å². The van der Waals surface area contributed by atoms with Crippen molar-refractivity contribution >= 4 is 11.9 Å². The first-order valence-corrected chi connectivity index (χ1v) is 9.82. The lowest BCUT2D eigenvalue weighted by Gasteiger charge is -2.36. The van der Waals surface area contributed by atoms with Gasteiger partial charge < -0.3 is 10.1 Å². The van der Waals surface area contributed by atoms with Gasteiger partial charge in [0.25, 0.3) is 5.91 Å². The largest absolute Gasteiger partial charge is 0.496 e. The van der Waals surface area contributed by atoms with Crippen molar-refractivity contribution in [2.45, 2.75) is 31.8 Å². The molecule has 0 radical (unpaired) electrons. The highest BCUT2D eigenvalue weighted by molar-refractivity contribution is 6.07. The van der Waals surface area contributed by atoms with Gasteiger partial charge in [-0.25, -0.2) is 14.1 Å². The van der Waals surface area contributed by atoms with Gasteiger partial charge in [-0.1, -0.05) is 0 Å². The Morgan fingerprint density at radius 1 is 1.18 bits per heavy atom. The van der Waals surface area contributed by atoms with E-state index >= 15 is 0 Å². The number of methoxy groups -OCH3 is 1. The number of hydrogen-bond acceptors (Lipinski definition) is 5. The van der Waals surface area contributed by atoms with Crippen LogP contribution in [0.2, 0.25) is 0 Å². The maximum absolute atomic E-state index is 13.6. The van der Waals surface area contributed by atoms with Crippen LogP contribution in [0.1, 0.15) is 25.3 Å². The molecule has 0 spiro atoms. The Balaban J connectivity index is 1.32. The van der Waals surface area contributed by atoms with Gasteiger partial charge in [-0.05, 0) is 43.9 Å². The number of urea groups is 1. The fourth-order valence-corrected chi connectivity index (χ4v) is 4.18. The van der Waals surface area contributed by atoms with E-state index < -0.39 is 5.54 Å². The van der Waals surface area contributed by atoms with Gasteiger partial charge in [0.1, 0.15) is 17.1 Å². The molecule has 1 N–H and O–H groups in total. The predicted octanol–water partition coefficient (Wildman–Crippen LogP) is 1.63. The Kier molecular flexibility index (Phi) is 5.01. The van der Waals surface area contributed by atoms with Crippen LogP contribution < -0.4 is 10.1 Å². The minimum absolute atomic E-state index is 0.105. The van der Waals surface area contributed by atoms with E-state index in [0.29, 0.717) is 19.0 Å². The van der Waals surface area contributed by atoms with Gasteiger partial charge in [0.2, 0.25) is 0 Å². The van der Waals surface area contributed by atoms with E-state index in [9.17, 15) is 14.0 Å². The summed E-state index contributed by atoms with van der Waals surface area (Å²) in [6.45, 7) is 5.83. The van der Waals surface area contributed by atoms with Gasteiger partial charge in [0.15, 0.2) is 0 Å². The summed E-state index contributed by atoms with van der Waals surface area (Å²) >= 11 is 0. The van der Waals surface area contributed by atoms with Gasteiger partial charge in [-0.15, -0.1) is 0 Å². The number of nitrogens with zero attached hydrogens (tertiary/aromatic N) is 3. The van der Waals surface area contributed by atoms with Crippen molar-refractivity contribution in [3.8, 4) is 5.75 Å². The van der Waals surface area contributed by atoms with E-state index in [1.165, 1.54) is 17.0 Å². The monoisotopic (exact) mass is 390 g/mol. The molecule has 1 atom stereocenters. The molecule has 1 aromatic rings. The Morgan fingerprint density at radius 2 is 1.86 bits per heavy atom. The molecular formula is C20H27FN4O3. The highest BCUT2D eigenvalue weighted by atomic mass is 19.1. The second kappa shape index (κ2) is 7.33. The molecule has 1 saturated carbocycles. The molecule has 0 unspecified atom stereocenters. The average Bonchev–Trinajstić information content (AvgIpc) is 3.49. The number of ether oxygens (including phenoxy) is 1. The first-order valence-electron chi connectivity index (χ1n) is 9.82. The van der Waals surface area contributed by atoms with Crippen LogP contribution in [-0.4, -0.2) is 72.1 Å². The Hall–Kier alpha value is -2.19. The van der Waals surface area contributed by atoms with Crippen molar-refractivity contribution in [3.05, 3.63) is 29.6 Å². The van der Waals surface area contributed by atoms with Crippen molar-refractivity contribution in [1.29, 1.82) is 0 Å². The number of halogens is 1. The first-order chi connectivity index (χ1) is 13.4. The Morgan fingerprint density at radius 3 is 2.50 bits per heavy atom. The molecule has 152 valence electrons. The molecule has 3 aliphatic rings. The number of hydrogen-bond donors (Lipinski definition) is 1. The second-order valence-corrected chi connectivity index (χ2v) is 8.13. The summed E-state index contributed by atoms with van der Waals surface area (Å²) < 4.78 is 18.9. The summed E-state index contributed by atoms with van der Waals surface area (Å²) in [7, 11) is 1.59. The quantitative estimate of drug-likeness (QED) is 0.748. The standard InChI is InChI=1S/C20H27FN4O3/c1-20(15-3-4-15)18(26)25(19(27)22-20)13-24-9-7-23(8-10-24)12-14-11-16(21)5-6-17(14)28-2/h5-6,11,15H,3-4,7-10,12-13H2,1-2H3,(H,22,27)/t20-/m1/s1. The highest BCUT2D eigenvalue weighted by Crippen LogP contribution is 2.42. The van der Waals surface area contributed by atoms with E-state index in [4.69, 9.17) is 4.74 Å². The molecule has 3 amide bonds. The normalized spacial score (nSPS) is 26.6. The molecule has 0 aromatic heterocycles. The number of imide groups is 1. The van der Waals surface area contributed by atoms with Crippen LogP contribution in [0.15, 0.2) is 18.2 Å². The number of carbonyl (C=O) groups excluding carboxylic acids is 2. The molecule has 2 aliphatic heterocycles. The Bertz CT molecular complexity index is 777. The van der Waals surface area contributed by atoms with E-state index in [1.807, 2.05) is 6.92 Å². The van der Waals surface area contributed by atoms with Crippen LogP contribution in [-0.2, 0) is 11.3 Å². The zero-order valence-corrected chi connectivity index (χ0v) is 16.4. The number of piperazine rings is 1. The summed E-state index contributed by atoms with van der Waals surface area (Å²) in [5.74, 6) is 0.577. The van der Waals surface area contributed by atoms with Gasteiger partial charge in [-0.3, -0.25) is 14.6 Å². The zero-order chi connectivity index (χ0) is 19.9. The van der Waals surface area contributed by atoms with Crippen molar-refractivity contribution in [2.24, 2.45) is 5.92 Å². The molecule has 28 heavy (non-hydrogen) atoms. The number of benzene rings is 1. The predicted molar refractivity (Wildman–Crippen MR) is 101 cm³/mol. The van der Waals surface area contributed by atoms with E-state index in [0.717, 1.165) is 44.6 Å². The minimum Gasteiger partial charge on any atom is -0.496 e. The van der Waals surface area contributed by atoms with Crippen LogP contribution in [0.25, 0.3) is 0 Å². The van der Waals surface area contributed by atoms with Gasteiger partial charge in [0.05, 0.1) is 13.8 Å². The van der Waals surface area contributed by atoms with E-state index in [2.05, 4.69) is 15.1 Å². The van der Waals surface area contributed by atoms with Crippen molar-refractivity contribution in [1.82, 2.24) is 20.0 Å². The van der Waals surface area contributed by atoms with Crippen LogP contribution in [0.4, 0.5) is 9.18 Å². The molecule has 8 heteroatoms. The van der Waals surface area contributed by atoms with Crippen LogP contribution >= 0.6 is 0 Å². The maximum Gasteiger partial charge on any atom is 0.326 e. The molecule has 1 aliphatic carbocycles.